The van der Waals surface area contributed by atoms with Crippen LogP contribution in [0.4, 0.5) is 0 Å². The number of nitrogens with two attached hydrogens (primary N) is 1. The van der Waals surface area contributed by atoms with Crippen LogP contribution >= 0.6 is 23.2 Å². The first-order chi connectivity index (χ1) is 11.5. The lowest BCUT2D eigenvalue weighted by atomic mass is 10.1. The van der Waals surface area contributed by atoms with E-state index in [1.807, 2.05) is 35.9 Å². The van der Waals surface area contributed by atoms with Gasteiger partial charge >= 0.3 is 0 Å². The molecule has 0 unspecified atom stereocenters. The van der Waals surface area contributed by atoms with E-state index in [-0.39, 0.29) is 12.3 Å². The van der Waals surface area contributed by atoms with Gasteiger partial charge in [-0.2, -0.15) is 5.10 Å². The van der Waals surface area contributed by atoms with E-state index in [2.05, 4.69) is 10.5 Å². The lowest BCUT2D eigenvalue weighted by Crippen LogP contribution is -2.31. The van der Waals surface area contributed by atoms with Gasteiger partial charge in [-0.25, -0.2) is 5.84 Å². The number of aromatic nitrogens is 2. The van der Waals surface area contributed by atoms with Crippen LogP contribution < -0.4 is 11.3 Å². The third-order valence-electron chi connectivity index (χ3n) is 3.90. The Morgan fingerprint density at radius 1 is 1.25 bits per heavy atom. The minimum Gasteiger partial charge on any atom is -0.294 e. The highest BCUT2D eigenvalue weighted by Crippen LogP contribution is 2.27. The summed E-state index contributed by atoms with van der Waals surface area (Å²) in [6, 6.07) is 11.2. The van der Waals surface area contributed by atoms with Gasteiger partial charge in [0.25, 0.3) is 0 Å². The van der Waals surface area contributed by atoms with E-state index in [0.717, 1.165) is 27.7 Å². The van der Waals surface area contributed by atoms with Crippen molar-refractivity contribution in [1.82, 2.24) is 15.2 Å². The van der Waals surface area contributed by atoms with Crippen LogP contribution in [0.15, 0.2) is 36.4 Å². The normalized spacial score (nSPS) is 11.0. The molecule has 0 aliphatic heterocycles. The van der Waals surface area contributed by atoms with Crippen molar-refractivity contribution in [3.63, 3.8) is 0 Å². The number of rotatable bonds is 4. The molecule has 124 valence electrons. The van der Waals surface area contributed by atoms with Gasteiger partial charge in [-0.05, 0) is 30.7 Å². The molecule has 3 N–H and O–H groups in total. The predicted octanol–water partition coefficient (Wildman–Crippen LogP) is 3.23. The second kappa shape index (κ2) is 6.81. The van der Waals surface area contributed by atoms with Crippen LogP contribution in [-0.4, -0.2) is 15.7 Å². The van der Waals surface area contributed by atoms with Crippen molar-refractivity contribution >= 4 is 40.0 Å². The lowest BCUT2D eigenvalue weighted by molar-refractivity contribution is -0.120. The van der Waals surface area contributed by atoms with Gasteiger partial charge in [0.05, 0.1) is 24.2 Å². The highest BCUT2D eigenvalue weighted by atomic mass is 35.5. The van der Waals surface area contributed by atoms with Crippen LogP contribution in [0.5, 0.6) is 0 Å². The van der Waals surface area contributed by atoms with Crippen LogP contribution in [0, 0.1) is 6.92 Å². The Bertz CT molecular complexity index is 900. The zero-order valence-corrected chi connectivity index (χ0v) is 14.5. The number of aryl methyl sites for hydroxylation is 1. The molecule has 0 radical (unpaired) electrons. The summed E-state index contributed by atoms with van der Waals surface area (Å²) >= 11 is 12.5. The maximum atomic E-state index is 11.5. The Morgan fingerprint density at radius 3 is 2.62 bits per heavy atom. The molecule has 7 heteroatoms. The van der Waals surface area contributed by atoms with Gasteiger partial charge in [-0.15, -0.1) is 0 Å². The van der Waals surface area contributed by atoms with E-state index in [1.165, 1.54) is 0 Å². The Labute approximate surface area is 149 Å². The first-order valence-corrected chi connectivity index (χ1v) is 8.13. The maximum Gasteiger partial charge on any atom is 0.238 e. The molecule has 1 aromatic heterocycles. The van der Waals surface area contributed by atoms with E-state index in [0.29, 0.717) is 16.6 Å². The smallest absolute Gasteiger partial charge is 0.238 e. The molecule has 3 rings (SSSR count). The van der Waals surface area contributed by atoms with Crippen molar-refractivity contribution in [3.8, 4) is 0 Å². The third-order valence-corrected chi connectivity index (χ3v) is 4.60. The number of nitrogens with one attached hydrogen (secondary N) is 1. The minimum absolute atomic E-state index is 0.212. The lowest BCUT2D eigenvalue weighted by Gasteiger charge is -2.09. The number of hydrogen-bond donors (Lipinski definition) is 2. The van der Waals surface area contributed by atoms with Crippen LogP contribution in [0.25, 0.3) is 10.9 Å². The number of halogens is 2. The Morgan fingerprint density at radius 2 is 1.96 bits per heavy atom. The van der Waals surface area contributed by atoms with Gasteiger partial charge < -0.3 is 0 Å². The second-order valence-corrected chi connectivity index (χ2v) is 6.35. The average molecular weight is 363 g/mol. The van der Waals surface area contributed by atoms with Crippen LogP contribution in [0.1, 0.15) is 16.8 Å². The van der Waals surface area contributed by atoms with Gasteiger partial charge in [0.1, 0.15) is 0 Å². The Balaban J connectivity index is 2.04. The third kappa shape index (κ3) is 3.24. The molecule has 0 spiro atoms. The van der Waals surface area contributed by atoms with Gasteiger partial charge in [-0.3, -0.25) is 14.9 Å². The van der Waals surface area contributed by atoms with Gasteiger partial charge in [0, 0.05) is 21.0 Å². The van der Waals surface area contributed by atoms with E-state index < -0.39 is 0 Å². The highest BCUT2D eigenvalue weighted by molar-refractivity contribution is 6.36. The number of carbonyl (C=O) groups is 1. The van der Waals surface area contributed by atoms with Crippen LogP contribution in [0.2, 0.25) is 10.0 Å². The quantitative estimate of drug-likeness (QED) is 0.425. The molecule has 0 saturated heterocycles. The summed E-state index contributed by atoms with van der Waals surface area (Å²) in [6.07, 6.45) is 0.212. The Hall–Kier alpha value is -2.08. The van der Waals surface area contributed by atoms with Gasteiger partial charge in [0.15, 0.2) is 0 Å². The molecular weight excluding hydrogens is 347 g/mol. The molecule has 0 atom stereocenters. The molecule has 0 bridgehead atoms. The highest BCUT2D eigenvalue weighted by Gasteiger charge is 2.13. The van der Waals surface area contributed by atoms with Crippen molar-refractivity contribution in [2.45, 2.75) is 19.9 Å². The van der Waals surface area contributed by atoms with Crippen molar-refractivity contribution in [3.05, 3.63) is 63.3 Å². The summed E-state index contributed by atoms with van der Waals surface area (Å²) in [5.41, 5.74) is 5.64. The molecule has 24 heavy (non-hydrogen) atoms. The number of hydrazine groups is 1. The summed E-state index contributed by atoms with van der Waals surface area (Å²) in [4.78, 5) is 11.5. The number of benzene rings is 2. The van der Waals surface area contributed by atoms with Crippen molar-refractivity contribution < 1.29 is 4.79 Å². The average Bonchev–Trinajstić information content (AvgIpc) is 2.86. The van der Waals surface area contributed by atoms with Crippen molar-refractivity contribution in [2.75, 3.05) is 0 Å². The molecule has 0 fully saturated rings. The summed E-state index contributed by atoms with van der Waals surface area (Å²) in [7, 11) is 0. The van der Waals surface area contributed by atoms with E-state index in [4.69, 9.17) is 29.0 Å². The summed E-state index contributed by atoms with van der Waals surface area (Å²) in [5, 5.41) is 6.80. The monoisotopic (exact) mass is 362 g/mol. The predicted molar refractivity (Wildman–Crippen MR) is 96.1 cm³/mol. The fourth-order valence-corrected chi connectivity index (χ4v) is 3.20. The van der Waals surface area contributed by atoms with Crippen molar-refractivity contribution in [2.24, 2.45) is 5.84 Å². The number of nitrogens with zero attached hydrogens (tertiary/aromatic N) is 2. The van der Waals surface area contributed by atoms with Gasteiger partial charge in [0.2, 0.25) is 5.91 Å². The summed E-state index contributed by atoms with van der Waals surface area (Å²) in [5.74, 6) is 4.91. The molecule has 1 amide bonds. The second-order valence-electron chi connectivity index (χ2n) is 5.54. The van der Waals surface area contributed by atoms with Crippen LogP contribution in [-0.2, 0) is 17.8 Å². The standard InChI is InChI=1S/C17H16Cl2N4O/c1-10-12-6-5-11(8-17(24)21-20)7-16(12)23(22-10)9-13-14(18)3-2-4-15(13)19/h2-7H,8-9,20H2,1H3,(H,21,24). The molecular formula is C17H16Cl2N4O. The van der Waals surface area contributed by atoms with Crippen LogP contribution in [0.3, 0.4) is 0 Å². The fraction of sp³-hybridized carbons (Fsp3) is 0.176. The molecule has 0 aliphatic carbocycles. The van der Waals surface area contributed by atoms with E-state index in [9.17, 15) is 4.79 Å². The molecule has 0 aliphatic rings. The topological polar surface area (TPSA) is 72.9 Å². The first kappa shape index (κ1) is 16.8. The summed E-state index contributed by atoms with van der Waals surface area (Å²) < 4.78 is 1.85. The fourth-order valence-electron chi connectivity index (χ4n) is 2.69. The zero-order chi connectivity index (χ0) is 17.3. The molecule has 1 heterocycles. The Kier molecular flexibility index (Phi) is 4.76. The molecule has 3 aromatic rings. The van der Waals surface area contributed by atoms with Crippen molar-refractivity contribution in [1.29, 1.82) is 0 Å². The first-order valence-electron chi connectivity index (χ1n) is 7.38. The van der Waals surface area contributed by atoms with Gasteiger partial charge in [-0.1, -0.05) is 41.4 Å². The minimum atomic E-state index is -0.244. The molecule has 5 nitrogen and oxygen atoms in total. The number of carbonyl (C=O) groups excluding carboxylic acids is 1. The molecule has 0 saturated carbocycles. The number of amides is 1. The van der Waals surface area contributed by atoms with E-state index in [1.54, 1.807) is 12.1 Å². The number of fused-ring (bicyclic) bond motifs is 1. The number of hydrogen-bond acceptors (Lipinski definition) is 3. The summed E-state index contributed by atoms with van der Waals surface area (Å²) in [6.45, 7) is 2.40. The SMILES string of the molecule is Cc1nn(Cc2c(Cl)cccc2Cl)c2cc(CC(=O)NN)ccc12. The van der Waals surface area contributed by atoms with E-state index >= 15 is 0 Å². The zero-order valence-electron chi connectivity index (χ0n) is 13.0. The molecule has 2 aromatic carbocycles. The maximum absolute atomic E-state index is 11.5. The largest absolute Gasteiger partial charge is 0.294 e.